The highest BCUT2D eigenvalue weighted by Gasteiger charge is 2.17. The molecule has 0 saturated carbocycles. The first-order valence-electron chi connectivity index (χ1n) is 6.23. The van der Waals surface area contributed by atoms with Gasteiger partial charge in [0, 0.05) is 26.2 Å². The lowest BCUT2D eigenvalue weighted by molar-refractivity contribution is -0.117. The van der Waals surface area contributed by atoms with Gasteiger partial charge in [0.05, 0.1) is 0 Å². The Kier molecular flexibility index (Phi) is 4.04. The molecule has 1 saturated heterocycles. The van der Waals surface area contributed by atoms with E-state index in [-0.39, 0.29) is 4.90 Å². The van der Waals surface area contributed by atoms with Crippen molar-refractivity contribution in [2.24, 2.45) is 0 Å². The van der Waals surface area contributed by atoms with Crippen LogP contribution in [0.25, 0.3) is 0 Å². The Balaban J connectivity index is 2.16. The fraction of sp³-hybridized carbons (Fsp3) is 0.500. The number of sulfonamides is 1. The molecule has 0 unspecified atom stereocenters. The van der Waals surface area contributed by atoms with Crippen molar-refractivity contribution in [1.82, 2.24) is 9.71 Å². The summed E-state index contributed by atoms with van der Waals surface area (Å²) in [5.74, 6) is 0.168. The Morgan fingerprint density at radius 2 is 1.95 bits per heavy atom. The van der Waals surface area contributed by atoms with E-state index in [1.165, 1.54) is 18.7 Å². The molecule has 0 spiro atoms. The van der Waals surface area contributed by atoms with Crippen LogP contribution in [0.4, 0.5) is 5.82 Å². The molecule has 104 valence electrons. The van der Waals surface area contributed by atoms with Crippen LogP contribution in [0.15, 0.2) is 23.2 Å². The normalized spacial score (nSPS) is 16.2. The van der Waals surface area contributed by atoms with Crippen LogP contribution in [0.5, 0.6) is 0 Å². The van der Waals surface area contributed by atoms with Crippen LogP contribution in [0, 0.1) is 0 Å². The number of nitrogens with zero attached hydrogens (tertiary/aromatic N) is 2. The van der Waals surface area contributed by atoms with E-state index in [1.807, 2.05) is 4.72 Å². The SMILES string of the molecule is CC(=O)NS(=O)(=O)c1ccc(N2CCCCC2)nc1. The average Bonchev–Trinajstić information content (AvgIpc) is 2.38. The number of amides is 1. The second-order valence-corrected chi connectivity index (χ2v) is 6.24. The Morgan fingerprint density at radius 1 is 1.26 bits per heavy atom. The molecule has 1 aromatic heterocycles. The molecular formula is C12H17N3O3S. The maximum atomic E-state index is 11.7. The Morgan fingerprint density at radius 3 is 2.47 bits per heavy atom. The molecule has 1 fully saturated rings. The van der Waals surface area contributed by atoms with Crippen molar-refractivity contribution in [2.45, 2.75) is 31.1 Å². The van der Waals surface area contributed by atoms with Gasteiger partial charge in [-0.05, 0) is 31.4 Å². The fourth-order valence-corrected chi connectivity index (χ4v) is 3.02. The van der Waals surface area contributed by atoms with Crippen molar-refractivity contribution < 1.29 is 13.2 Å². The van der Waals surface area contributed by atoms with Gasteiger partial charge in [-0.1, -0.05) is 0 Å². The number of carbonyl (C=O) groups is 1. The minimum atomic E-state index is -3.79. The summed E-state index contributed by atoms with van der Waals surface area (Å²) < 4.78 is 25.4. The van der Waals surface area contributed by atoms with Gasteiger partial charge in [0.2, 0.25) is 5.91 Å². The first-order chi connectivity index (χ1) is 8.99. The predicted octanol–water partition coefficient (Wildman–Crippen LogP) is 0.897. The van der Waals surface area contributed by atoms with Gasteiger partial charge in [0.15, 0.2) is 0 Å². The Hall–Kier alpha value is -1.63. The molecule has 0 aromatic carbocycles. The highest BCUT2D eigenvalue weighted by Crippen LogP contribution is 2.18. The van der Waals surface area contributed by atoms with Crippen molar-refractivity contribution in [1.29, 1.82) is 0 Å². The summed E-state index contributed by atoms with van der Waals surface area (Å²) in [6.45, 7) is 3.06. The topological polar surface area (TPSA) is 79.4 Å². The van der Waals surface area contributed by atoms with Crippen molar-refractivity contribution in [3.8, 4) is 0 Å². The van der Waals surface area contributed by atoms with E-state index < -0.39 is 15.9 Å². The van der Waals surface area contributed by atoms with Crippen LogP contribution in [0.2, 0.25) is 0 Å². The third-order valence-electron chi connectivity index (χ3n) is 2.99. The summed E-state index contributed by atoms with van der Waals surface area (Å²) in [7, 11) is -3.79. The minimum absolute atomic E-state index is 0.00320. The molecule has 2 heterocycles. The summed E-state index contributed by atoms with van der Waals surface area (Å²) in [4.78, 5) is 17.1. The van der Waals surface area contributed by atoms with E-state index in [1.54, 1.807) is 6.07 Å². The van der Waals surface area contributed by atoms with Crippen molar-refractivity contribution in [3.63, 3.8) is 0 Å². The largest absolute Gasteiger partial charge is 0.357 e. The van der Waals surface area contributed by atoms with Crippen LogP contribution < -0.4 is 9.62 Å². The molecule has 1 aromatic rings. The Bertz CT molecular complexity index is 548. The van der Waals surface area contributed by atoms with Crippen LogP contribution in [-0.2, 0) is 14.8 Å². The third-order valence-corrected chi connectivity index (χ3v) is 4.41. The Labute approximate surface area is 112 Å². The van der Waals surface area contributed by atoms with E-state index >= 15 is 0 Å². The van der Waals surface area contributed by atoms with Gasteiger partial charge in [-0.25, -0.2) is 18.1 Å². The predicted molar refractivity (Wildman–Crippen MR) is 71.3 cm³/mol. The lowest BCUT2D eigenvalue weighted by Crippen LogP contribution is -2.31. The lowest BCUT2D eigenvalue weighted by Gasteiger charge is -2.27. The summed E-state index contributed by atoms with van der Waals surface area (Å²) >= 11 is 0. The molecule has 0 atom stereocenters. The number of rotatable bonds is 3. The number of anilines is 1. The van der Waals surface area contributed by atoms with Gasteiger partial charge in [-0.15, -0.1) is 0 Å². The summed E-state index contributed by atoms with van der Waals surface area (Å²) in [6.07, 6.45) is 4.78. The molecular weight excluding hydrogens is 266 g/mol. The van der Waals surface area contributed by atoms with E-state index in [4.69, 9.17) is 0 Å². The second-order valence-electron chi connectivity index (χ2n) is 4.56. The minimum Gasteiger partial charge on any atom is -0.357 e. The van der Waals surface area contributed by atoms with E-state index in [0.29, 0.717) is 0 Å². The van der Waals surface area contributed by atoms with E-state index in [2.05, 4.69) is 9.88 Å². The van der Waals surface area contributed by atoms with Gasteiger partial charge in [-0.2, -0.15) is 0 Å². The van der Waals surface area contributed by atoms with Crippen LogP contribution >= 0.6 is 0 Å². The van der Waals surface area contributed by atoms with E-state index in [9.17, 15) is 13.2 Å². The van der Waals surface area contributed by atoms with Crippen molar-refractivity contribution >= 4 is 21.7 Å². The molecule has 2 rings (SSSR count). The quantitative estimate of drug-likeness (QED) is 0.891. The van der Waals surface area contributed by atoms with Gasteiger partial charge in [-0.3, -0.25) is 4.79 Å². The number of nitrogens with one attached hydrogen (secondary N) is 1. The number of hydrogen-bond donors (Lipinski definition) is 1. The molecule has 1 aliphatic heterocycles. The zero-order chi connectivity index (χ0) is 13.9. The maximum Gasteiger partial charge on any atom is 0.265 e. The van der Waals surface area contributed by atoms with Gasteiger partial charge in [0.25, 0.3) is 10.0 Å². The third kappa shape index (κ3) is 3.44. The lowest BCUT2D eigenvalue weighted by atomic mass is 10.1. The number of piperidine rings is 1. The maximum absolute atomic E-state index is 11.7. The standard InChI is InChI=1S/C12H17N3O3S/c1-10(16)14-19(17,18)11-5-6-12(13-9-11)15-7-3-2-4-8-15/h5-6,9H,2-4,7-8H2,1H3,(H,14,16). The number of carbonyl (C=O) groups excluding carboxylic acids is 1. The molecule has 1 amide bonds. The van der Waals surface area contributed by atoms with Gasteiger partial charge in [0.1, 0.15) is 10.7 Å². The molecule has 0 radical (unpaired) electrons. The van der Waals surface area contributed by atoms with Crippen LogP contribution in [0.3, 0.4) is 0 Å². The number of pyridine rings is 1. The molecule has 1 N–H and O–H groups in total. The molecule has 19 heavy (non-hydrogen) atoms. The highest BCUT2D eigenvalue weighted by atomic mass is 32.2. The highest BCUT2D eigenvalue weighted by molar-refractivity contribution is 7.90. The van der Waals surface area contributed by atoms with Gasteiger partial charge < -0.3 is 4.90 Å². The van der Waals surface area contributed by atoms with Crippen LogP contribution in [0.1, 0.15) is 26.2 Å². The van der Waals surface area contributed by atoms with Crippen LogP contribution in [-0.4, -0.2) is 32.4 Å². The average molecular weight is 283 g/mol. The summed E-state index contributed by atoms with van der Waals surface area (Å²) in [6, 6.07) is 3.15. The fourth-order valence-electron chi connectivity index (χ4n) is 2.09. The first-order valence-corrected chi connectivity index (χ1v) is 7.72. The van der Waals surface area contributed by atoms with Crippen molar-refractivity contribution in [2.75, 3.05) is 18.0 Å². The zero-order valence-electron chi connectivity index (χ0n) is 10.8. The first kappa shape index (κ1) is 13.8. The zero-order valence-corrected chi connectivity index (χ0v) is 11.6. The molecule has 7 heteroatoms. The smallest absolute Gasteiger partial charge is 0.265 e. The van der Waals surface area contributed by atoms with Gasteiger partial charge >= 0.3 is 0 Å². The summed E-state index contributed by atoms with van der Waals surface area (Å²) in [5, 5.41) is 0. The molecule has 1 aliphatic rings. The van der Waals surface area contributed by atoms with Crippen molar-refractivity contribution in [3.05, 3.63) is 18.3 Å². The molecule has 0 aliphatic carbocycles. The molecule has 0 bridgehead atoms. The van der Waals surface area contributed by atoms with E-state index in [0.717, 1.165) is 38.7 Å². The monoisotopic (exact) mass is 283 g/mol. The summed E-state index contributed by atoms with van der Waals surface area (Å²) in [5.41, 5.74) is 0. The number of aromatic nitrogens is 1. The molecule has 6 nitrogen and oxygen atoms in total. The second kappa shape index (κ2) is 5.56. The number of hydrogen-bond acceptors (Lipinski definition) is 5.